The number of carbonyl (C=O) groups is 1. The highest BCUT2D eigenvalue weighted by atomic mass is 35.5. The first-order chi connectivity index (χ1) is 9.10. The Bertz CT molecular complexity index is 524. The lowest BCUT2D eigenvalue weighted by Crippen LogP contribution is -2.40. The maximum atomic E-state index is 12.1. The molecule has 0 aromatic heterocycles. The molecular formula is C14H16ClN3O. The summed E-state index contributed by atoms with van der Waals surface area (Å²) in [5.74, 6) is 0.0554. The van der Waals surface area contributed by atoms with E-state index >= 15 is 0 Å². The SMILES string of the molecule is CC1CC(C(=O)Nc2ccc(C#N)c(Cl)c2)CCN1. The van der Waals surface area contributed by atoms with Crippen molar-refractivity contribution in [2.75, 3.05) is 11.9 Å². The molecular weight excluding hydrogens is 262 g/mol. The van der Waals surface area contributed by atoms with Crippen molar-refractivity contribution < 1.29 is 4.79 Å². The minimum Gasteiger partial charge on any atom is -0.326 e. The van der Waals surface area contributed by atoms with Gasteiger partial charge in [-0.1, -0.05) is 11.6 Å². The number of halogens is 1. The van der Waals surface area contributed by atoms with E-state index in [4.69, 9.17) is 16.9 Å². The van der Waals surface area contributed by atoms with Gasteiger partial charge in [0, 0.05) is 17.6 Å². The van der Waals surface area contributed by atoms with Gasteiger partial charge in [0.2, 0.25) is 5.91 Å². The topological polar surface area (TPSA) is 64.9 Å². The van der Waals surface area contributed by atoms with Gasteiger partial charge in [0.1, 0.15) is 6.07 Å². The van der Waals surface area contributed by atoms with Crippen molar-refractivity contribution in [3.05, 3.63) is 28.8 Å². The lowest BCUT2D eigenvalue weighted by atomic mass is 9.92. The molecule has 100 valence electrons. The summed E-state index contributed by atoms with van der Waals surface area (Å²) in [6, 6.07) is 7.29. The number of amides is 1. The molecule has 1 heterocycles. The van der Waals surface area contributed by atoms with Crippen molar-refractivity contribution in [3.63, 3.8) is 0 Å². The molecule has 1 aromatic rings. The van der Waals surface area contributed by atoms with Gasteiger partial charge in [-0.2, -0.15) is 5.26 Å². The summed E-state index contributed by atoms with van der Waals surface area (Å²) in [6.45, 7) is 2.95. The average molecular weight is 278 g/mol. The van der Waals surface area contributed by atoms with Crippen LogP contribution < -0.4 is 10.6 Å². The molecule has 0 spiro atoms. The molecule has 1 aliphatic heterocycles. The molecule has 0 bridgehead atoms. The van der Waals surface area contributed by atoms with Gasteiger partial charge < -0.3 is 10.6 Å². The Morgan fingerprint density at radius 2 is 2.37 bits per heavy atom. The van der Waals surface area contributed by atoms with E-state index in [1.165, 1.54) is 0 Å². The number of benzene rings is 1. The lowest BCUT2D eigenvalue weighted by molar-refractivity contribution is -0.120. The zero-order chi connectivity index (χ0) is 13.8. The van der Waals surface area contributed by atoms with Gasteiger partial charge in [-0.3, -0.25) is 4.79 Å². The van der Waals surface area contributed by atoms with Crippen LogP contribution in [0.5, 0.6) is 0 Å². The van der Waals surface area contributed by atoms with Crippen molar-refractivity contribution in [2.24, 2.45) is 5.92 Å². The average Bonchev–Trinajstić information content (AvgIpc) is 2.39. The summed E-state index contributed by atoms with van der Waals surface area (Å²) in [6.07, 6.45) is 1.69. The normalized spacial score (nSPS) is 22.6. The molecule has 2 atom stereocenters. The summed E-state index contributed by atoms with van der Waals surface area (Å²) in [5, 5.41) is 15.3. The molecule has 1 saturated heterocycles. The number of anilines is 1. The quantitative estimate of drug-likeness (QED) is 0.873. The van der Waals surface area contributed by atoms with E-state index in [-0.39, 0.29) is 11.8 Å². The van der Waals surface area contributed by atoms with E-state index in [1.807, 2.05) is 6.07 Å². The number of rotatable bonds is 2. The Morgan fingerprint density at radius 1 is 1.58 bits per heavy atom. The molecule has 0 radical (unpaired) electrons. The van der Waals surface area contributed by atoms with Gasteiger partial charge in [0.25, 0.3) is 0 Å². The van der Waals surface area contributed by atoms with Crippen molar-refractivity contribution in [1.29, 1.82) is 5.26 Å². The van der Waals surface area contributed by atoms with E-state index in [9.17, 15) is 4.79 Å². The fourth-order valence-electron chi connectivity index (χ4n) is 2.30. The smallest absolute Gasteiger partial charge is 0.227 e. The number of hydrogen-bond donors (Lipinski definition) is 2. The molecule has 4 nitrogen and oxygen atoms in total. The van der Waals surface area contributed by atoms with E-state index in [2.05, 4.69) is 17.6 Å². The number of carbonyl (C=O) groups excluding carboxylic acids is 1. The van der Waals surface area contributed by atoms with Gasteiger partial charge in [-0.05, 0) is 44.5 Å². The van der Waals surface area contributed by atoms with Crippen LogP contribution in [0.3, 0.4) is 0 Å². The van der Waals surface area contributed by atoms with Crippen molar-refractivity contribution in [1.82, 2.24) is 5.32 Å². The third-order valence-corrected chi connectivity index (χ3v) is 3.66. The van der Waals surface area contributed by atoms with E-state index in [0.29, 0.717) is 22.3 Å². The van der Waals surface area contributed by atoms with Gasteiger partial charge in [0.05, 0.1) is 10.6 Å². The van der Waals surface area contributed by atoms with Crippen LogP contribution in [-0.2, 0) is 4.79 Å². The van der Waals surface area contributed by atoms with Crippen LogP contribution >= 0.6 is 11.6 Å². The fourth-order valence-corrected chi connectivity index (χ4v) is 2.52. The molecule has 2 N–H and O–H groups in total. The Morgan fingerprint density at radius 3 is 3.00 bits per heavy atom. The molecule has 0 aliphatic carbocycles. The van der Waals surface area contributed by atoms with E-state index in [1.54, 1.807) is 18.2 Å². The van der Waals surface area contributed by atoms with Crippen LogP contribution in [0.15, 0.2) is 18.2 Å². The molecule has 0 saturated carbocycles. The molecule has 2 rings (SSSR count). The Labute approximate surface area is 117 Å². The molecule has 5 heteroatoms. The zero-order valence-electron chi connectivity index (χ0n) is 10.7. The van der Waals surface area contributed by atoms with Crippen LogP contribution in [0.2, 0.25) is 5.02 Å². The fraction of sp³-hybridized carbons (Fsp3) is 0.429. The summed E-state index contributed by atoms with van der Waals surface area (Å²) in [5.41, 5.74) is 1.05. The minimum atomic E-state index is 0.0223. The Hall–Kier alpha value is -1.57. The second-order valence-corrected chi connectivity index (χ2v) is 5.28. The summed E-state index contributed by atoms with van der Waals surface area (Å²) >= 11 is 5.94. The summed E-state index contributed by atoms with van der Waals surface area (Å²) < 4.78 is 0. The maximum absolute atomic E-state index is 12.1. The third kappa shape index (κ3) is 3.46. The highest BCUT2D eigenvalue weighted by Crippen LogP contribution is 2.22. The third-order valence-electron chi connectivity index (χ3n) is 3.35. The molecule has 1 aromatic carbocycles. The van der Waals surface area contributed by atoms with Gasteiger partial charge >= 0.3 is 0 Å². The highest BCUT2D eigenvalue weighted by molar-refractivity contribution is 6.32. The molecule has 19 heavy (non-hydrogen) atoms. The second kappa shape index (κ2) is 6.05. The minimum absolute atomic E-state index is 0.0223. The number of hydrogen-bond acceptors (Lipinski definition) is 3. The van der Waals surface area contributed by atoms with Crippen LogP contribution in [-0.4, -0.2) is 18.5 Å². The van der Waals surface area contributed by atoms with Gasteiger partial charge in [-0.25, -0.2) is 0 Å². The summed E-state index contributed by atoms with van der Waals surface area (Å²) in [4.78, 5) is 12.1. The van der Waals surface area contributed by atoms with Crippen LogP contribution in [0.4, 0.5) is 5.69 Å². The second-order valence-electron chi connectivity index (χ2n) is 4.87. The first-order valence-corrected chi connectivity index (χ1v) is 6.72. The number of nitrogens with one attached hydrogen (secondary N) is 2. The van der Waals surface area contributed by atoms with Crippen molar-refractivity contribution in [2.45, 2.75) is 25.8 Å². The molecule has 2 unspecified atom stereocenters. The van der Waals surface area contributed by atoms with Gasteiger partial charge in [0.15, 0.2) is 0 Å². The van der Waals surface area contributed by atoms with Crippen LogP contribution in [0, 0.1) is 17.2 Å². The number of nitrogens with zero attached hydrogens (tertiary/aromatic N) is 1. The van der Waals surface area contributed by atoms with Crippen LogP contribution in [0.1, 0.15) is 25.3 Å². The zero-order valence-corrected chi connectivity index (χ0v) is 11.5. The predicted molar refractivity (Wildman–Crippen MR) is 75.0 cm³/mol. The van der Waals surface area contributed by atoms with Crippen molar-refractivity contribution in [3.8, 4) is 6.07 Å². The number of nitriles is 1. The largest absolute Gasteiger partial charge is 0.326 e. The van der Waals surface area contributed by atoms with Gasteiger partial charge in [-0.15, -0.1) is 0 Å². The lowest BCUT2D eigenvalue weighted by Gasteiger charge is -2.27. The summed E-state index contributed by atoms with van der Waals surface area (Å²) in [7, 11) is 0. The monoisotopic (exact) mass is 277 g/mol. The Balaban J connectivity index is 2.02. The molecule has 1 aliphatic rings. The first kappa shape index (κ1) is 13.9. The van der Waals surface area contributed by atoms with E-state index < -0.39 is 0 Å². The standard InChI is InChI=1S/C14H16ClN3O/c1-9-6-10(4-5-17-9)14(19)18-12-3-2-11(8-16)13(15)7-12/h2-3,7,9-10,17H,4-6H2,1H3,(H,18,19). The van der Waals surface area contributed by atoms with Crippen molar-refractivity contribution >= 4 is 23.2 Å². The molecule has 1 fully saturated rings. The Kier molecular flexibility index (Phi) is 4.41. The van der Waals surface area contributed by atoms with E-state index in [0.717, 1.165) is 19.4 Å². The number of piperidine rings is 1. The first-order valence-electron chi connectivity index (χ1n) is 6.34. The predicted octanol–water partition coefficient (Wildman–Crippen LogP) is 2.54. The highest BCUT2D eigenvalue weighted by Gasteiger charge is 2.24. The molecule has 1 amide bonds. The van der Waals surface area contributed by atoms with Crippen LogP contribution in [0.25, 0.3) is 0 Å². The maximum Gasteiger partial charge on any atom is 0.227 e.